The molecule has 55 heavy (non-hydrogen) atoms. The van der Waals surface area contributed by atoms with Gasteiger partial charge in [-0.3, -0.25) is 0 Å². The van der Waals surface area contributed by atoms with Crippen LogP contribution in [0.25, 0.3) is 44.2 Å². The Hall–Kier alpha value is -5.08. The van der Waals surface area contributed by atoms with Crippen LogP contribution in [-0.4, -0.2) is 0 Å². The van der Waals surface area contributed by atoms with Gasteiger partial charge in [-0.25, -0.2) is 0 Å². The van der Waals surface area contributed by atoms with Gasteiger partial charge in [-0.2, -0.15) is 0 Å². The second-order valence-electron chi connectivity index (χ2n) is 19.1. The van der Waals surface area contributed by atoms with Gasteiger partial charge >= 0.3 is 0 Å². The summed E-state index contributed by atoms with van der Waals surface area (Å²) in [4.78, 5) is 2.52. The molecule has 6 aliphatic rings. The second kappa shape index (κ2) is 11.0. The fourth-order valence-corrected chi connectivity index (χ4v) is 13.1. The second-order valence-corrected chi connectivity index (χ2v) is 19.1. The number of rotatable bonds is 4. The smallest absolute Gasteiger partial charge is 0.159 e. The van der Waals surface area contributed by atoms with Crippen LogP contribution in [0.1, 0.15) is 88.5 Å². The normalized spacial score (nSPS) is 26.1. The van der Waals surface area contributed by atoms with Crippen molar-refractivity contribution in [3.05, 3.63) is 150 Å². The zero-order valence-corrected chi connectivity index (χ0v) is 32.5. The molecule has 13 rings (SSSR count). The maximum Gasteiger partial charge on any atom is 0.159 e. The molecule has 2 heteroatoms. The Balaban J connectivity index is 1.07. The summed E-state index contributed by atoms with van der Waals surface area (Å²) in [6.45, 7) is 9.67. The molecule has 0 amide bonds. The molecule has 6 aliphatic carbocycles. The highest BCUT2D eigenvalue weighted by Crippen LogP contribution is 2.73. The van der Waals surface area contributed by atoms with Crippen molar-refractivity contribution in [1.29, 1.82) is 0 Å². The van der Waals surface area contributed by atoms with Gasteiger partial charge in [0.2, 0.25) is 0 Å². The van der Waals surface area contributed by atoms with Gasteiger partial charge in [-0.05, 0) is 142 Å². The summed E-state index contributed by atoms with van der Waals surface area (Å²) in [5.41, 5.74) is 17.4. The molecule has 4 fully saturated rings. The molecule has 0 N–H and O–H groups in total. The van der Waals surface area contributed by atoms with Crippen LogP contribution in [0.4, 0.5) is 17.1 Å². The number of nitrogens with zero attached hydrogens (tertiary/aromatic N) is 1. The molecule has 5 atom stereocenters. The Morgan fingerprint density at radius 2 is 1.27 bits per heavy atom. The van der Waals surface area contributed by atoms with Crippen molar-refractivity contribution < 1.29 is 4.42 Å². The van der Waals surface area contributed by atoms with Crippen molar-refractivity contribution in [2.24, 2.45) is 23.7 Å². The fourth-order valence-electron chi connectivity index (χ4n) is 13.1. The van der Waals surface area contributed by atoms with E-state index in [1.807, 2.05) is 0 Å². The Morgan fingerprint density at radius 1 is 0.564 bits per heavy atom. The Morgan fingerprint density at radius 3 is 2.13 bits per heavy atom. The van der Waals surface area contributed by atoms with E-state index < -0.39 is 0 Å². The molecule has 4 saturated carbocycles. The SMILES string of the molecule is CC1(C)CCC(C)(C)c2cc(-c3ccc(N(c4cccc5c4-c4ccccc4C54C5CC6CC(C5)C4C6)c4cccc5c4oc4ccccc45)cc3)ccc21. The van der Waals surface area contributed by atoms with E-state index in [4.69, 9.17) is 4.42 Å². The number of benzene rings is 6. The van der Waals surface area contributed by atoms with Crippen molar-refractivity contribution in [2.45, 2.75) is 82.5 Å². The van der Waals surface area contributed by atoms with Gasteiger partial charge in [0.15, 0.2) is 5.58 Å². The first kappa shape index (κ1) is 32.2. The number of fused-ring (bicyclic) bond motifs is 7. The summed E-state index contributed by atoms with van der Waals surface area (Å²) < 4.78 is 6.81. The largest absolute Gasteiger partial charge is 0.454 e. The maximum atomic E-state index is 6.81. The molecule has 272 valence electrons. The predicted molar refractivity (Wildman–Crippen MR) is 228 cm³/mol. The lowest BCUT2D eigenvalue weighted by atomic mass is 9.59. The highest BCUT2D eigenvalue weighted by molar-refractivity contribution is 6.11. The predicted octanol–water partition coefficient (Wildman–Crippen LogP) is 14.4. The van der Waals surface area contributed by atoms with E-state index >= 15 is 0 Å². The summed E-state index contributed by atoms with van der Waals surface area (Å²) in [5.74, 6) is 3.26. The highest BCUT2D eigenvalue weighted by atomic mass is 16.3. The minimum Gasteiger partial charge on any atom is -0.454 e. The lowest BCUT2D eigenvalue weighted by molar-refractivity contribution is 0.191. The maximum absolute atomic E-state index is 6.81. The van der Waals surface area contributed by atoms with E-state index in [0.29, 0.717) is 0 Å². The third-order valence-corrected chi connectivity index (χ3v) is 15.5. The van der Waals surface area contributed by atoms with Crippen LogP contribution in [0.5, 0.6) is 0 Å². The number of anilines is 3. The number of furan rings is 1. The van der Waals surface area contributed by atoms with Gasteiger partial charge < -0.3 is 9.32 Å². The van der Waals surface area contributed by atoms with E-state index in [0.717, 1.165) is 57.0 Å². The lowest BCUT2D eigenvalue weighted by Gasteiger charge is -2.44. The van der Waals surface area contributed by atoms with Crippen molar-refractivity contribution in [1.82, 2.24) is 0 Å². The molecule has 0 aliphatic heterocycles. The van der Waals surface area contributed by atoms with E-state index in [2.05, 4.69) is 160 Å². The van der Waals surface area contributed by atoms with Crippen LogP contribution < -0.4 is 4.90 Å². The van der Waals surface area contributed by atoms with E-state index in [-0.39, 0.29) is 16.2 Å². The molecule has 1 spiro atoms. The van der Waals surface area contributed by atoms with Crippen LogP contribution in [0, 0.1) is 23.7 Å². The summed E-state index contributed by atoms with van der Waals surface area (Å²) in [6.07, 6.45) is 8.04. The lowest BCUT2D eigenvalue weighted by Crippen LogP contribution is -2.40. The van der Waals surface area contributed by atoms with Crippen LogP contribution >= 0.6 is 0 Å². The van der Waals surface area contributed by atoms with Crippen LogP contribution in [-0.2, 0) is 16.2 Å². The molecule has 7 aromatic rings. The Kier molecular flexibility index (Phi) is 6.46. The van der Waals surface area contributed by atoms with Crippen molar-refractivity contribution in [2.75, 3.05) is 4.90 Å². The number of para-hydroxylation sites is 2. The van der Waals surface area contributed by atoms with Gasteiger partial charge in [0.1, 0.15) is 5.58 Å². The van der Waals surface area contributed by atoms with Crippen LogP contribution in [0.2, 0.25) is 0 Å². The van der Waals surface area contributed by atoms with Crippen LogP contribution in [0.15, 0.2) is 132 Å². The molecular formula is C53H49NO. The van der Waals surface area contributed by atoms with Gasteiger partial charge in [-0.15, -0.1) is 0 Å². The molecule has 4 bridgehead atoms. The monoisotopic (exact) mass is 715 g/mol. The Bertz CT molecular complexity index is 2710. The Labute approximate surface area is 325 Å². The van der Waals surface area contributed by atoms with Gasteiger partial charge in [0.25, 0.3) is 0 Å². The summed E-state index contributed by atoms with van der Waals surface area (Å²) >= 11 is 0. The summed E-state index contributed by atoms with van der Waals surface area (Å²) in [7, 11) is 0. The average molecular weight is 716 g/mol. The number of hydrogen-bond donors (Lipinski definition) is 0. The van der Waals surface area contributed by atoms with E-state index in [1.54, 1.807) is 11.1 Å². The molecule has 0 radical (unpaired) electrons. The average Bonchev–Trinajstić information content (AvgIpc) is 3.89. The minimum absolute atomic E-state index is 0.120. The molecule has 5 unspecified atom stereocenters. The van der Waals surface area contributed by atoms with Crippen molar-refractivity contribution >= 4 is 39.0 Å². The topological polar surface area (TPSA) is 16.4 Å². The first-order chi connectivity index (χ1) is 26.7. The zero-order valence-electron chi connectivity index (χ0n) is 32.5. The van der Waals surface area contributed by atoms with E-state index in [9.17, 15) is 0 Å². The molecule has 6 aromatic carbocycles. The molecule has 0 saturated heterocycles. The van der Waals surface area contributed by atoms with Crippen molar-refractivity contribution in [3.63, 3.8) is 0 Å². The van der Waals surface area contributed by atoms with Gasteiger partial charge in [0, 0.05) is 27.4 Å². The molecule has 2 nitrogen and oxygen atoms in total. The first-order valence-corrected chi connectivity index (χ1v) is 20.9. The quantitative estimate of drug-likeness (QED) is 0.180. The van der Waals surface area contributed by atoms with Crippen molar-refractivity contribution in [3.8, 4) is 22.3 Å². The minimum atomic E-state index is 0.120. The highest BCUT2D eigenvalue weighted by Gasteiger charge is 2.66. The van der Waals surface area contributed by atoms with E-state index in [1.165, 1.54) is 77.6 Å². The fraction of sp³-hybridized carbons (Fsp3) is 0.321. The molecular weight excluding hydrogens is 667 g/mol. The third-order valence-electron chi connectivity index (χ3n) is 15.5. The summed E-state index contributed by atoms with van der Waals surface area (Å²) in [6, 6.07) is 48.6. The van der Waals surface area contributed by atoms with Gasteiger partial charge in [-0.1, -0.05) is 125 Å². The third kappa shape index (κ3) is 4.26. The number of hydrogen-bond acceptors (Lipinski definition) is 2. The first-order valence-electron chi connectivity index (χ1n) is 20.9. The van der Waals surface area contributed by atoms with Crippen LogP contribution in [0.3, 0.4) is 0 Å². The molecule has 1 aromatic heterocycles. The zero-order chi connectivity index (χ0) is 36.8. The standard InChI is InChI=1S/C53H49NO/c1-51(2)25-26-52(3,4)45-31-34(21-24-42(45)51)33-19-22-37(23-20-33)54(47-17-9-13-39-38-11-6-8-18-48(38)55-50(39)47)46-16-10-15-43-49(46)40-12-5-7-14-41(40)53(43)36-28-32-27-35(30-36)44(53)29-32/h5-24,31-32,35-36,44H,25-30H2,1-4H3. The molecule has 1 heterocycles. The van der Waals surface area contributed by atoms with Gasteiger partial charge in [0.05, 0.1) is 11.4 Å². The summed E-state index contributed by atoms with van der Waals surface area (Å²) in [5, 5.41) is 2.32.